The van der Waals surface area contributed by atoms with Crippen LogP contribution in [0.2, 0.25) is 5.02 Å². The monoisotopic (exact) mass is 835 g/mol. The second-order valence-corrected chi connectivity index (χ2v) is 18.4. The molecule has 1 aliphatic carbocycles. The molecule has 3 aliphatic heterocycles. The number of aryl methyl sites for hydroxylation is 1. The minimum atomic E-state index is -4.32. The zero-order valence-electron chi connectivity index (χ0n) is 33.1. The lowest BCUT2D eigenvalue weighted by molar-refractivity contribution is -0.148. The van der Waals surface area contributed by atoms with Gasteiger partial charge in [0, 0.05) is 78.3 Å². The van der Waals surface area contributed by atoms with Crippen LogP contribution >= 0.6 is 11.6 Å². The Labute approximate surface area is 340 Å². The Bertz CT molecular complexity index is 1890. The van der Waals surface area contributed by atoms with Crippen LogP contribution in [0.25, 0.3) is 0 Å². The van der Waals surface area contributed by atoms with Crippen molar-refractivity contribution in [1.29, 1.82) is 0 Å². The summed E-state index contributed by atoms with van der Waals surface area (Å²) < 4.78 is 69.2. The second-order valence-electron chi connectivity index (χ2n) is 16.1. The summed E-state index contributed by atoms with van der Waals surface area (Å²) in [6.45, 7) is 3.37. The van der Waals surface area contributed by atoms with Crippen LogP contribution in [0.15, 0.2) is 48.6 Å². The first-order valence-corrected chi connectivity index (χ1v) is 21.8. The Morgan fingerprint density at radius 1 is 1.07 bits per heavy atom. The van der Waals surface area contributed by atoms with Gasteiger partial charge in [0.05, 0.1) is 24.8 Å². The van der Waals surface area contributed by atoms with E-state index in [-0.39, 0.29) is 49.5 Å². The number of benzene rings is 2. The highest BCUT2D eigenvalue weighted by Crippen LogP contribution is 2.43. The van der Waals surface area contributed by atoms with E-state index >= 15 is 0 Å². The van der Waals surface area contributed by atoms with E-state index in [1.54, 1.807) is 19.2 Å². The third-order valence-corrected chi connectivity index (χ3v) is 13.6. The van der Waals surface area contributed by atoms with E-state index in [9.17, 15) is 31.9 Å². The molecule has 6 rings (SSSR count). The number of hydrogen-bond donors (Lipinski definition) is 2. The molecule has 2 bridgehead atoms. The van der Waals surface area contributed by atoms with Crippen molar-refractivity contribution in [2.24, 2.45) is 11.8 Å². The topological polar surface area (TPSA) is 132 Å². The van der Waals surface area contributed by atoms with E-state index in [2.05, 4.69) is 4.90 Å². The smallest absolute Gasteiger partial charge is 0.303 e. The third-order valence-electron chi connectivity index (χ3n) is 12.0. The summed E-state index contributed by atoms with van der Waals surface area (Å²) >= 11 is 6.39. The fourth-order valence-corrected chi connectivity index (χ4v) is 8.84. The second kappa shape index (κ2) is 18.3. The van der Waals surface area contributed by atoms with Gasteiger partial charge in [0.1, 0.15) is 12.4 Å². The summed E-state index contributed by atoms with van der Waals surface area (Å²) in [5.41, 5.74) is 0.193. The number of hydrogen-bond acceptors (Lipinski definition) is 9. The first-order valence-electron chi connectivity index (χ1n) is 19.9. The minimum absolute atomic E-state index is 0.0546. The molecular weight excluding hydrogens is 780 g/mol. The normalized spacial score (nSPS) is 26.9. The number of nitrogens with zero attached hydrogens (tertiary/aromatic N) is 4. The van der Waals surface area contributed by atoms with E-state index in [0.717, 1.165) is 47.5 Å². The number of amides is 2. The van der Waals surface area contributed by atoms with Crippen LogP contribution in [0.3, 0.4) is 0 Å². The zero-order chi connectivity index (χ0) is 41.0. The summed E-state index contributed by atoms with van der Waals surface area (Å²) in [4.78, 5) is 33.3. The predicted octanol–water partition coefficient (Wildman–Crippen LogP) is 5.12. The Hall–Kier alpha value is -3.34. The third kappa shape index (κ3) is 10.6. The maximum Gasteiger partial charge on any atom is 0.303 e. The number of likely N-dealkylation sites (tertiary alicyclic amines) is 1. The SMILES string of the molecule is CN1CC/C=C/[C@H](OCCN2CCC(F)(F)CC2)[C@@H]2CC[C@H]2CN2CCCCc3cc(Cl)ccc3COc3ccc(cc32)[C@@](O)(C(=O)NS(=O)(=O)N(C)C)CC1=O. The minimum Gasteiger partial charge on any atom is -0.487 e. The van der Waals surface area contributed by atoms with Crippen molar-refractivity contribution in [2.45, 2.75) is 82.0 Å². The van der Waals surface area contributed by atoms with Gasteiger partial charge >= 0.3 is 10.2 Å². The van der Waals surface area contributed by atoms with Crippen LogP contribution in [0, 0.1) is 11.8 Å². The molecule has 0 spiro atoms. The fraction of sp³-hybridized carbons (Fsp3) is 0.610. The van der Waals surface area contributed by atoms with Gasteiger partial charge in [-0.2, -0.15) is 12.7 Å². The molecule has 0 unspecified atom stereocenters. The van der Waals surface area contributed by atoms with Gasteiger partial charge in [0.15, 0.2) is 5.60 Å². The summed E-state index contributed by atoms with van der Waals surface area (Å²) in [6.07, 6.45) is 7.61. The van der Waals surface area contributed by atoms with Crippen molar-refractivity contribution in [3.8, 4) is 5.75 Å². The number of carbonyl (C=O) groups excluding carboxylic acids is 2. The summed E-state index contributed by atoms with van der Waals surface area (Å²) in [5.74, 6) is -3.54. The average Bonchev–Trinajstić information content (AvgIpc) is 3.17. The molecule has 2 amide bonds. The molecule has 1 saturated heterocycles. The van der Waals surface area contributed by atoms with E-state index < -0.39 is 40.0 Å². The van der Waals surface area contributed by atoms with Crippen molar-refractivity contribution in [2.75, 3.05) is 71.9 Å². The van der Waals surface area contributed by atoms with Gasteiger partial charge in [-0.05, 0) is 91.3 Å². The van der Waals surface area contributed by atoms with Gasteiger partial charge in [0.2, 0.25) is 5.91 Å². The van der Waals surface area contributed by atoms with Crippen molar-refractivity contribution >= 4 is 39.3 Å². The number of rotatable bonds is 7. The number of ether oxygens (including phenoxy) is 2. The molecule has 2 N–H and O–H groups in total. The molecule has 1 saturated carbocycles. The van der Waals surface area contributed by atoms with Gasteiger partial charge in [-0.15, -0.1) is 0 Å². The summed E-state index contributed by atoms with van der Waals surface area (Å²) in [6, 6.07) is 10.6. The molecule has 0 radical (unpaired) electrons. The highest BCUT2D eigenvalue weighted by Gasteiger charge is 2.44. The van der Waals surface area contributed by atoms with Crippen molar-refractivity contribution in [1.82, 2.24) is 18.8 Å². The Kier molecular flexibility index (Phi) is 13.9. The lowest BCUT2D eigenvalue weighted by atomic mass is 9.70. The zero-order valence-corrected chi connectivity index (χ0v) is 34.7. The van der Waals surface area contributed by atoms with Gasteiger partial charge < -0.3 is 29.3 Å². The Morgan fingerprint density at radius 2 is 1.84 bits per heavy atom. The Morgan fingerprint density at radius 3 is 2.56 bits per heavy atom. The average molecular weight is 836 g/mol. The van der Waals surface area contributed by atoms with Crippen molar-refractivity contribution in [3.05, 3.63) is 70.3 Å². The molecule has 2 aromatic rings. The Balaban J connectivity index is 1.35. The van der Waals surface area contributed by atoms with E-state index in [0.29, 0.717) is 62.2 Å². The molecule has 0 aromatic heterocycles. The molecule has 4 atom stereocenters. The fourth-order valence-electron chi connectivity index (χ4n) is 8.06. The van der Waals surface area contributed by atoms with E-state index in [4.69, 9.17) is 21.1 Å². The quantitative estimate of drug-likeness (QED) is 0.365. The predicted molar refractivity (Wildman–Crippen MR) is 215 cm³/mol. The summed E-state index contributed by atoms with van der Waals surface area (Å²) in [7, 11) is -0.238. The number of nitrogens with one attached hydrogen (secondary N) is 1. The molecular formula is C41H56ClF2N5O7S. The van der Waals surface area contributed by atoms with Gasteiger partial charge in [-0.3, -0.25) is 9.59 Å². The van der Waals surface area contributed by atoms with Gasteiger partial charge in [-0.1, -0.05) is 35.9 Å². The molecule has 2 fully saturated rings. The standard InChI is InChI=1S/C41H56ClF2N5O7S/c1-46(2)57(53,54)45-39(51)41(52)26-38(50)47(3)18-6-5-9-36(55-23-22-48-20-16-40(43,44)17-21-48)34-14-11-30(34)27-49-19-7-4-8-29-24-33(42)13-10-31(29)28-56-37-15-12-32(41)25-35(37)49/h5,9-10,12-13,15,24-25,30,34,36,52H,4,6-8,11,14,16-23,26-28H2,1-3H3,(H,45,51)/b9-5+/t30-,34+,36-,41+/m0/s1. The van der Waals surface area contributed by atoms with Crippen LogP contribution < -0.4 is 14.4 Å². The van der Waals surface area contributed by atoms with E-state index in [1.165, 1.54) is 25.1 Å². The first-order chi connectivity index (χ1) is 27.0. The highest BCUT2D eigenvalue weighted by molar-refractivity contribution is 7.87. The molecule has 2 aromatic carbocycles. The molecule has 3 heterocycles. The van der Waals surface area contributed by atoms with Gasteiger partial charge in [0.25, 0.3) is 11.8 Å². The number of anilines is 1. The molecule has 4 aliphatic rings. The highest BCUT2D eigenvalue weighted by atomic mass is 35.5. The molecule has 12 nitrogen and oxygen atoms in total. The first kappa shape index (κ1) is 43.2. The molecule has 16 heteroatoms. The van der Waals surface area contributed by atoms with Crippen LogP contribution in [-0.2, 0) is 43.2 Å². The summed E-state index contributed by atoms with van der Waals surface area (Å²) in [5, 5.41) is 12.9. The number of piperidine rings is 1. The molecule has 314 valence electrons. The van der Waals surface area contributed by atoms with Crippen LogP contribution in [0.5, 0.6) is 5.75 Å². The largest absolute Gasteiger partial charge is 0.487 e. The van der Waals surface area contributed by atoms with Crippen LogP contribution in [-0.4, -0.2) is 118 Å². The van der Waals surface area contributed by atoms with Crippen LogP contribution in [0.1, 0.15) is 68.1 Å². The number of carbonyl (C=O) groups is 2. The lowest BCUT2D eigenvalue weighted by Crippen LogP contribution is -2.51. The number of halogens is 3. The van der Waals surface area contributed by atoms with Crippen molar-refractivity contribution in [3.63, 3.8) is 0 Å². The number of aliphatic hydroxyl groups is 1. The molecule has 57 heavy (non-hydrogen) atoms. The van der Waals surface area contributed by atoms with Gasteiger partial charge in [-0.25, -0.2) is 13.5 Å². The van der Waals surface area contributed by atoms with E-state index in [1.807, 2.05) is 40.0 Å². The van der Waals surface area contributed by atoms with Crippen LogP contribution in [0.4, 0.5) is 14.5 Å². The van der Waals surface area contributed by atoms with Crippen molar-refractivity contribution < 1.29 is 41.4 Å². The number of alkyl halides is 2. The maximum atomic E-state index is 13.9. The number of fused-ring (bicyclic) bond motifs is 3. The maximum absolute atomic E-state index is 13.9. The lowest BCUT2D eigenvalue weighted by Gasteiger charge is -2.44.